The second-order valence-corrected chi connectivity index (χ2v) is 7.52. The van der Waals surface area contributed by atoms with Crippen molar-refractivity contribution >= 4 is 23.1 Å². The highest BCUT2D eigenvalue weighted by molar-refractivity contribution is 5.76. The SMILES string of the molecule is COc1cc(Nc2ncccc2-c2nnc(Nc3ccc4c(c3)OCCO4)n2C)cc(OC)c1. The molecule has 0 spiro atoms. The molecule has 3 heterocycles. The van der Waals surface area contributed by atoms with Crippen LogP contribution in [0.25, 0.3) is 11.4 Å². The fourth-order valence-electron chi connectivity index (χ4n) is 3.62. The van der Waals surface area contributed by atoms with Crippen molar-refractivity contribution in [2.24, 2.45) is 7.05 Å². The fraction of sp³-hybridized carbons (Fsp3) is 0.208. The van der Waals surface area contributed by atoms with E-state index in [-0.39, 0.29) is 0 Å². The van der Waals surface area contributed by atoms with E-state index in [0.717, 1.165) is 22.7 Å². The van der Waals surface area contributed by atoms with Gasteiger partial charge >= 0.3 is 0 Å². The molecule has 174 valence electrons. The molecular formula is C24H24N6O4. The van der Waals surface area contributed by atoms with Gasteiger partial charge in [0.1, 0.15) is 30.5 Å². The van der Waals surface area contributed by atoms with Crippen molar-refractivity contribution < 1.29 is 18.9 Å². The van der Waals surface area contributed by atoms with Crippen LogP contribution in [0.2, 0.25) is 0 Å². The van der Waals surface area contributed by atoms with Crippen LogP contribution in [0.5, 0.6) is 23.0 Å². The molecule has 10 heteroatoms. The van der Waals surface area contributed by atoms with E-state index >= 15 is 0 Å². The monoisotopic (exact) mass is 460 g/mol. The van der Waals surface area contributed by atoms with Gasteiger partial charge in [-0.1, -0.05) is 0 Å². The van der Waals surface area contributed by atoms with Gasteiger partial charge in [0.15, 0.2) is 17.3 Å². The van der Waals surface area contributed by atoms with E-state index < -0.39 is 0 Å². The van der Waals surface area contributed by atoms with Gasteiger partial charge in [0, 0.05) is 48.9 Å². The molecule has 4 aromatic rings. The normalized spacial score (nSPS) is 12.2. The quantitative estimate of drug-likeness (QED) is 0.421. The van der Waals surface area contributed by atoms with Crippen LogP contribution in [0, 0.1) is 0 Å². The van der Waals surface area contributed by atoms with Crippen LogP contribution in [0.1, 0.15) is 0 Å². The Hall–Kier alpha value is -4.47. The number of hydrogen-bond donors (Lipinski definition) is 2. The molecule has 2 aromatic heterocycles. The van der Waals surface area contributed by atoms with Crippen LogP contribution >= 0.6 is 0 Å². The summed E-state index contributed by atoms with van der Waals surface area (Å²) in [6, 6.07) is 15.0. The minimum atomic E-state index is 0.528. The van der Waals surface area contributed by atoms with E-state index in [1.165, 1.54) is 0 Å². The molecule has 1 aliphatic heterocycles. The average Bonchev–Trinajstić information content (AvgIpc) is 3.23. The second-order valence-electron chi connectivity index (χ2n) is 7.52. The molecule has 5 rings (SSSR count). The molecule has 2 aromatic carbocycles. The number of aromatic nitrogens is 4. The summed E-state index contributed by atoms with van der Waals surface area (Å²) in [4.78, 5) is 4.52. The van der Waals surface area contributed by atoms with E-state index in [2.05, 4.69) is 25.8 Å². The first-order valence-corrected chi connectivity index (χ1v) is 10.7. The average molecular weight is 460 g/mol. The molecule has 2 N–H and O–H groups in total. The molecule has 1 aliphatic rings. The summed E-state index contributed by atoms with van der Waals surface area (Å²) < 4.78 is 23.9. The summed E-state index contributed by atoms with van der Waals surface area (Å²) in [5.74, 6) is 4.61. The Morgan fingerprint density at radius 3 is 2.38 bits per heavy atom. The van der Waals surface area contributed by atoms with Crippen LogP contribution in [-0.2, 0) is 7.05 Å². The molecule has 0 bridgehead atoms. The first-order valence-electron chi connectivity index (χ1n) is 10.7. The summed E-state index contributed by atoms with van der Waals surface area (Å²) in [6.45, 7) is 1.08. The smallest absolute Gasteiger partial charge is 0.229 e. The predicted octanol–water partition coefficient (Wildman–Crippen LogP) is 4.15. The van der Waals surface area contributed by atoms with Gasteiger partial charge in [0.05, 0.1) is 19.8 Å². The zero-order valence-electron chi connectivity index (χ0n) is 19.0. The van der Waals surface area contributed by atoms with Gasteiger partial charge in [0.25, 0.3) is 0 Å². The molecule has 34 heavy (non-hydrogen) atoms. The number of fused-ring (bicyclic) bond motifs is 1. The number of nitrogens with one attached hydrogen (secondary N) is 2. The first-order chi connectivity index (χ1) is 16.6. The fourth-order valence-corrected chi connectivity index (χ4v) is 3.62. The lowest BCUT2D eigenvalue weighted by Gasteiger charge is -2.19. The lowest BCUT2D eigenvalue weighted by Crippen LogP contribution is -2.15. The van der Waals surface area contributed by atoms with Crippen molar-refractivity contribution in [2.45, 2.75) is 0 Å². The topological polar surface area (TPSA) is 105 Å². The number of anilines is 4. The molecular weight excluding hydrogens is 436 g/mol. The van der Waals surface area contributed by atoms with Crippen molar-refractivity contribution in [2.75, 3.05) is 38.1 Å². The van der Waals surface area contributed by atoms with Gasteiger partial charge in [-0.3, -0.25) is 4.57 Å². The van der Waals surface area contributed by atoms with Crippen LogP contribution in [0.3, 0.4) is 0 Å². The van der Waals surface area contributed by atoms with Gasteiger partial charge in [-0.25, -0.2) is 4.98 Å². The molecule has 0 amide bonds. The van der Waals surface area contributed by atoms with Gasteiger partial charge in [0.2, 0.25) is 5.95 Å². The van der Waals surface area contributed by atoms with E-state index in [1.54, 1.807) is 20.4 Å². The van der Waals surface area contributed by atoms with Crippen LogP contribution in [0.4, 0.5) is 23.1 Å². The van der Waals surface area contributed by atoms with Gasteiger partial charge in [-0.05, 0) is 24.3 Å². The number of ether oxygens (including phenoxy) is 4. The second kappa shape index (κ2) is 9.18. The number of rotatable bonds is 7. The minimum Gasteiger partial charge on any atom is -0.497 e. The predicted molar refractivity (Wildman–Crippen MR) is 128 cm³/mol. The Labute approximate surface area is 196 Å². The van der Waals surface area contributed by atoms with Crippen molar-refractivity contribution in [1.29, 1.82) is 0 Å². The third-order valence-electron chi connectivity index (χ3n) is 5.34. The Balaban J connectivity index is 1.43. The summed E-state index contributed by atoms with van der Waals surface area (Å²) in [6.07, 6.45) is 1.72. The van der Waals surface area contributed by atoms with Gasteiger partial charge in [-0.15, -0.1) is 10.2 Å². The maximum absolute atomic E-state index is 5.67. The lowest BCUT2D eigenvalue weighted by atomic mass is 10.2. The standard InChI is InChI=1S/C24H24N6O4/c1-30-23(28-29-24(30)27-15-6-7-20-21(13-15)34-10-9-33-20)19-5-4-8-25-22(19)26-16-11-17(31-2)14-18(12-16)32-3/h4-8,11-14H,9-10H2,1-3H3,(H,25,26)(H,27,29). The summed E-state index contributed by atoms with van der Waals surface area (Å²) in [5.41, 5.74) is 2.38. The third-order valence-corrected chi connectivity index (χ3v) is 5.34. The highest BCUT2D eigenvalue weighted by Crippen LogP contribution is 2.35. The highest BCUT2D eigenvalue weighted by Gasteiger charge is 2.17. The molecule has 0 saturated heterocycles. The van der Waals surface area contributed by atoms with Gasteiger partial charge < -0.3 is 29.6 Å². The number of hydrogen-bond acceptors (Lipinski definition) is 9. The molecule has 0 aliphatic carbocycles. The number of benzene rings is 2. The molecule has 0 fully saturated rings. The van der Waals surface area contributed by atoms with Gasteiger partial charge in [-0.2, -0.15) is 0 Å². The Kier molecular flexibility index (Phi) is 5.77. The number of pyridine rings is 1. The van der Waals surface area contributed by atoms with E-state index in [4.69, 9.17) is 18.9 Å². The maximum atomic E-state index is 5.67. The van der Waals surface area contributed by atoms with Crippen molar-refractivity contribution in [3.63, 3.8) is 0 Å². The summed E-state index contributed by atoms with van der Waals surface area (Å²) >= 11 is 0. The van der Waals surface area contributed by atoms with Crippen LogP contribution in [-0.4, -0.2) is 47.2 Å². The van der Waals surface area contributed by atoms with E-state index in [0.29, 0.717) is 48.1 Å². The molecule has 10 nitrogen and oxygen atoms in total. The van der Waals surface area contributed by atoms with Crippen molar-refractivity contribution in [1.82, 2.24) is 19.7 Å². The largest absolute Gasteiger partial charge is 0.497 e. The summed E-state index contributed by atoms with van der Waals surface area (Å²) in [7, 11) is 5.11. The number of nitrogens with zero attached hydrogens (tertiary/aromatic N) is 4. The molecule has 0 unspecified atom stereocenters. The third kappa shape index (κ3) is 4.25. The highest BCUT2D eigenvalue weighted by atomic mass is 16.6. The molecule has 0 radical (unpaired) electrons. The van der Waals surface area contributed by atoms with Crippen LogP contribution < -0.4 is 29.6 Å². The minimum absolute atomic E-state index is 0.528. The van der Waals surface area contributed by atoms with Crippen molar-refractivity contribution in [3.05, 3.63) is 54.7 Å². The van der Waals surface area contributed by atoms with Crippen LogP contribution in [0.15, 0.2) is 54.7 Å². The molecule has 0 atom stereocenters. The Bertz CT molecular complexity index is 1300. The number of methoxy groups -OCH3 is 2. The summed E-state index contributed by atoms with van der Waals surface area (Å²) in [5, 5.41) is 15.4. The Morgan fingerprint density at radius 1 is 0.853 bits per heavy atom. The van der Waals surface area contributed by atoms with E-state index in [1.807, 2.05) is 60.1 Å². The first kappa shape index (κ1) is 21.4. The lowest BCUT2D eigenvalue weighted by molar-refractivity contribution is 0.171. The zero-order valence-corrected chi connectivity index (χ0v) is 19.0. The van der Waals surface area contributed by atoms with E-state index in [9.17, 15) is 0 Å². The molecule has 0 saturated carbocycles. The zero-order chi connectivity index (χ0) is 23.5. The van der Waals surface area contributed by atoms with Crippen molar-refractivity contribution in [3.8, 4) is 34.4 Å². The Morgan fingerprint density at radius 2 is 1.62 bits per heavy atom. The maximum Gasteiger partial charge on any atom is 0.229 e.